The number of benzene rings is 1. The summed E-state index contributed by atoms with van der Waals surface area (Å²) in [5, 5.41) is 5.20. The van der Waals surface area contributed by atoms with Crippen LogP contribution in [-0.2, 0) is 58.9 Å². The second-order valence-corrected chi connectivity index (χ2v) is 13.2. The van der Waals surface area contributed by atoms with Crippen LogP contribution in [-0.4, -0.2) is 91.0 Å². The molecule has 14 heteroatoms. The third kappa shape index (κ3) is 8.91. The van der Waals surface area contributed by atoms with Gasteiger partial charge in [-0.1, -0.05) is 30.3 Å². The quantitative estimate of drug-likeness (QED) is 0.285. The molecule has 2 amide bonds. The molecule has 0 aliphatic carbocycles. The van der Waals surface area contributed by atoms with Crippen molar-refractivity contribution >= 4 is 23.9 Å². The van der Waals surface area contributed by atoms with Crippen LogP contribution < -0.4 is 10.6 Å². The summed E-state index contributed by atoms with van der Waals surface area (Å²) in [4.78, 5) is 52.5. The highest BCUT2D eigenvalue weighted by Crippen LogP contribution is 2.47. The number of nitrogens with one attached hydrogen (secondary N) is 2. The minimum Gasteiger partial charge on any atom is -0.469 e. The molecule has 0 radical (unpaired) electrons. The highest BCUT2D eigenvalue weighted by molar-refractivity contribution is 5.90. The maximum absolute atomic E-state index is 14.0. The number of carbonyl (C=O) groups excluding carboxylic acids is 4. The van der Waals surface area contributed by atoms with Gasteiger partial charge in [-0.2, -0.15) is 0 Å². The van der Waals surface area contributed by atoms with Crippen LogP contribution in [0.15, 0.2) is 30.3 Å². The van der Waals surface area contributed by atoms with Gasteiger partial charge in [-0.15, -0.1) is 0 Å². The molecule has 0 unspecified atom stereocenters. The molecule has 45 heavy (non-hydrogen) atoms. The van der Waals surface area contributed by atoms with Gasteiger partial charge in [0.05, 0.1) is 26.6 Å². The first-order chi connectivity index (χ1) is 20.9. The Morgan fingerprint density at radius 3 is 2.22 bits per heavy atom. The molecule has 3 saturated heterocycles. The summed E-state index contributed by atoms with van der Waals surface area (Å²) in [5.74, 6) is -4.36. The maximum atomic E-state index is 14.0. The van der Waals surface area contributed by atoms with Gasteiger partial charge in [0.25, 0.3) is 0 Å². The van der Waals surface area contributed by atoms with Crippen LogP contribution in [0.4, 0.5) is 4.79 Å². The zero-order chi connectivity index (χ0) is 33.2. The van der Waals surface area contributed by atoms with Crippen molar-refractivity contribution in [3.05, 3.63) is 35.9 Å². The molecule has 4 rings (SSSR count). The zero-order valence-corrected chi connectivity index (χ0v) is 27.0. The van der Waals surface area contributed by atoms with Crippen molar-refractivity contribution in [3.8, 4) is 0 Å². The third-order valence-corrected chi connectivity index (χ3v) is 7.24. The number of amides is 2. The smallest absolute Gasteiger partial charge is 0.408 e. The number of hydrogen-bond donors (Lipinski definition) is 2. The minimum atomic E-state index is -1.84. The van der Waals surface area contributed by atoms with E-state index in [9.17, 15) is 19.2 Å². The van der Waals surface area contributed by atoms with Crippen molar-refractivity contribution < 1.29 is 57.1 Å². The highest BCUT2D eigenvalue weighted by atomic mass is 16.8. The summed E-state index contributed by atoms with van der Waals surface area (Å²) in [6, 6.07) is 7.45. The van der Waals surface area contributed by atoms with Crippen molar-refractivity contribution in [1.82, 2.24) is 10.6 Å². The Morgan fingerprint density at radius 2 is 1.62 bits per heavy atom. The lowest BCUT2D eigenvalue weighted by Crippen LogP contribution is -2.62. The van der Waals surface area contributed by atoms with E-state index in [2.05, 4.69) is 10.6 Å². The molecule has 0 saturated carbocycles. The number of carbonyl (C=O) groups is 4. The van der Waals surface area contributed by atoms with E-state index in [0.717, 1.165) is 5.56 Å². The van der Waals surface area contributed by atoms with E-state index < -0.39 is 90.1 Å². The van der Waals surface area contributed by atoms with E-state index in [1.807, 2.05) is 6.07 Å². The summed E-state index contributed by atoms with van der Waals surface area (Å²) < 4.78 is 46.3. The summed E-state index contributed by atoms with van der Waals surface area (Å²) in [6.45, 7) is 12.0. The van der Waals surface area contributed by atoms with Crippen molar-refractivity contribution in [3.63, 3.8) is 0 Å². The largest absolute Gasteiger partial charge is 0.469 e. The van der Waals surface area contributed by atoms with Crippen molar-refractivity contribution in [2.45, 2.75) is 121 Å². The lowest BCUT2D eigenvalue weighted by atomic mass is 9.97. The number of hydrogen-bond acceptors (Lipinski definition) is 12. The van der Waals surface area contributed by atoms with E-state index in [4.69, 9.17) is 37.9 Å². The maximum Gasteiger partial charge on any atom is 0.408 e. The third-order valence-electron chi connectivity index (χ3n) is 7.24. The summed E-state index contributed by atoms with van der Waals surface area (Å²) in [5.41, 5.74) is -1.98. The van der Waals surface area contributed by atoms with Crippen LogP contribution in [0, 0.1) is 0 Å². The van der Waals surface area contributed by atoms with E-state index in [1.165, 1.54) is 7.11 Å². The molecule has 3 aliphatic heterocycles. The van der Waals surface area contributed by atoms with Gasteiger partial charge in [-0.25, -0.2) is 4.79 Å². The SMILES string of the molecule is COC(=O)C[C@@]1(NC(=O)[C@H](CC(=O)OC(C)(C)C)NC(=O)OCc2ccccc2)O[C@@H]([C@H]2COC(C)(C)O2)[C@H]2OC(C)(C)O[C@H]21. The number of methoxy groups -OCH3 is 1. The Bertz CT molecular complexity index is 1250. The molecule has 3 aliphatic rings. The molecule has 1 aromatic carbocycles. The molecule has 3 heterocycles. The molecule has 3 fully saturated rings. The van der Waals surface area contributed by atoms with Gasteiger partial charge in [-0.05, 0) is 54.0 Å². The first kappa shape index (κ1) is 34.6. The van der Waals surface area contributed by atoms with Gasteiger partial charge >= 0.3 is 18.0 Å². The Labute approximate surface area is 262 Å². The van der Waals surface area contributed by atoms with Gasteiger partial charge in [0, 0.05) is 0 Å². The van der Waals surface area contributed by atoms with Crippen LogP contribution in [0.5, 0.6) is 0 Å². The average Bonchev–Trinajstić information content (AvgIpc) is 3.55. The second-order valence-electron chi connectivity index (χ2n) is 13.2. The fourth-order valence-corrected chi connectivity index (χ4v) is 5.47. The number of ether oxygens (including phenoxy) is 8. The fraction of sp³-hybridized carbons (Fsp3) is 0.677. The highest BCUT2D eigenvalue weighted by Gasteiger charge is 2.67. The average molecular weight is 637 g/mol. The minimum absolute atomic E-state index is 0.0751. The Balaban J connectivity index is 1.61. The fourth-order valence-electron chi connectivity index (χ4n) is 5.47. The number of alkyl carbamates (subject to hydrolysis) is 1. The summed E-state index contributed by atoms with van der Waals surface area (Å²) in [6.07, 6.45) is -5.26. The van der Waals surface area contributed by atoms with Crippen molar-refractivity contribution in [2.24, 2.45) is 0 Å². The number of rotatable bonds is 10. The molecular weight excluding hydrogens is 592 g/mol. The Hall–Kier alpha value is -3.30. The molecule has 0 spiro atoms. The van der Waals surface area contributed by atoms with Gasteiger partial charge in [0.1, 0.15) is 42.7 Å². The van der Waals surface area contributed by atoms with E-state index in [0.29, 0.717) is 0 Å². The first-order valence-corrected chi connectivity index (χ1v) is 14.8. The predicted octanol–water partition coefficient (Wildman–Crippen LogP) is 2.46. The molecule has 14 nitrogen and oxygen atoms in total. The van der Waals surface area contributed by atoms with Crippen molar-refractivity contribution in [1.29, 1.82) is 0 Å². The van der Waals surface area contributed by atoms with Crippen LogP contribution in [0.2, 0.25) is 0 Å². The van der Waals surface area contributed by atoms with E-state index >= 15 is 0 Å². The van der Waals surface area contributed by atoms with Crippen LogP contribution >= 0.6 is 0 Å². The lowest BCUT2D eigenvalue weighted by molar-refractivity contribution is -0.235. The number of fused-ring (bicyclic) bond motifs is 1. The van der Waals surface area contributed by atoms with Gasteiger partial charge in [-0.3, -0.25) is 14.4 Å². The van der Waals surface area contributed by atoms with E-state index in [-0.39, 0.29) is 13.2 Å². The molecule has 2 N–H and O–H groups in total. The standard InChI is InChI=1S/C31H44N2O12/c1-28(2,3)42-21(34)14-19(32-27(37)39-16-18-12-10-9-11-13-18)26(36)33-31(15-22(35)38-8)25-24(43-30(6,7)45-25)23(44-31)20-17-40-29(4,5)41-20/h9-13,19-20,23-25H,14-17H2,1-8H3,(H,32,37)(H,33,36)/t19-,20+,23-,24+,25+,31+/m0/s1. The predicted molar refractivity (Wildman–Crippen MR) is 155 cm³/mol. The Morgan fingerprint density at radius 1 is 0.933 bits per heavy atom. The van der Waals surface area contributed by atoms with Crippen LogP contribution in [0.25, 0.3) is 0 Å². The summed E-state index contributed by atoms with van der Waals surface area (Å²) >= 11 is 0. The zero-order valence-electron chi connectivity index (χ0n) is 27.0. The second kappa shape index (κ2) is 13.2. The van der Waals surface area contributed by atoms with Gasteiger partial charge < -0.3 is 48.5 Å². The molecule has 6 atom stereocenters. The molecule has 0 bridgehead atoms. The van der Waals surface area contributed by atoms with Crippen molar-refractivity contribution in [2.75, 3.05) is 13.7 Å². The number of esters is 2. The topological polar surface area (TPSA) is 166 Å². The monoisotopic (exact) mass is 636 g/mol. The molecule has 1 aromatic rings. The van der Waals surface area contributed by atoms with Crippen LogP contribution in [0.3, 0.4) is 0 Å². The first-order valence-electron chi connectivity index (χ1n) is 14.8. The van der Waals surface area contributed by atoms with Gasteiger partial charge in [0.15, 0.2) is 17.3 Å². The molecule has 0 aromatic heterocycles. The lowest BCUT2D eigenvalue weighted by Gasteiger charge is -2.36. The molecular formula is C31H44N2O12. The van der Waals surface area contributed by atoms with Crippen LogP contribution in [0.1, 0.15) is 66.9 Å². The van der Waals surface area contributed by atoms with Gasteiger partial charge in [0.2, 0.25) is 5.91 Å². The molecule has 250 valence electrons. The Kier molecular flexibility index (Phi) is 10.1. The normalized spacial score (nSPS) is 28.9. The summed E-state index contributed by atoms with van der Waals surface area (Å²) in [7, 11) is 1.20. The van der Waals surface area contributed by atoms with E-state index in [1.54, 1.807) is 72.7 Å².